The Hall–Kier alpha value is -4.62. The molecule has 9 rings (SSSR count). The van der Waals surface area contributed by atoms with Crippen molar-refractivity contribution >= 4 is 27.8 Å². The minimum absolute atomic E-state index is 0.0143. The van der Waals surface area contributed by atoms with Gasteiger partial charge in [0.1, 0.15) is 0 Å². The number of hydrogen-bond acceptors (Lipinski definition) is 1. The Morgan fingerprint density at radius 3 is 1.88 bits per heavy atom. The van der Waals surface area contributed by atoms with Gasteiger partial charge in [-0.2, -0.15) is 0 Å². The number of fused-ring (bicyclic) bond motifs is 4. The van der Waals surface area contributed by atoms with Gasteiger partial charge in [-0.05, 0) is 123 Å². The third kappa shape index (κ3) is 5.38. The molecule has 0 spiro atoms. The number of nitrogens with zero attached hydrogens (tertiary/aromatic N) is 1. The molecule has 3 aliphatic carbocycles. The molecule has 0 saturated heterocycles. The van der Waals surface area contributed by atoms with Crippen molar-refractivity contribution in [1.29, 1.82) is 0 Å². The second-order valence-electron chi connectivity index (χ2n) is 15.8. The Morgan fingerprint density at radius 1 is 0.480 bits per heavy atom. The minimum Gasteiger partial charge on any atom is -0.310 e. The topological polar surface area (TPSA) is 3.24 Å². The van der Waals surface area contributed by atoms with Crippen LogP contribution < -0.4 is 4.90 Å². The van der Waals surface area contributed by atoms with E-state index in [0.717, 1.165) is 0 Å². The van der Waals surface area contributed by atoms with Gasteiger partial charge in [0, 0.05) is 22.5 Å². The van der Waals surface area contributed by atoms with Crippen molar-refractivity contribution in [3.8, 4) is 22.3 Å². The fourth-order valence-corrected chi connectivity index (χ4v) is 9.90. The van der Waals surface area contributed by atoms with E-state index in [2.05, 4.69) is 146 Å². The Labute approximate surface area is 299 Å². The van der Waals surface area contributed by atoms with E-state index in [1.165, 1.54) is 131 Å². The molecule has 0 atom stereocenters. The average molecular weight is 652 g/mol. The monoisotopic (exact) mass is 651 g/mol. The Kier molecular flexibility index (Phi) is 8.11. The van der Waals surface area contributed by atoms with Crippen LogP contribution in [0.25, 0.3) is 33.0 Å². The van der Waals surface area contributed by atoms with Crippen LogP contribution in [0.15, 0.2) is 127 Å². The van der Waals surface area contributed by atoms with Crippen LogP contribution in [0.5, 0.6) is 0 Å². The maximum Gasteiger partial charge on any atom is 0.0496 e. The number of para-hydroxylation sites is 1. The normalized spacial score (nSPS) is 17.4. The Balaban J connectivity index is 1.23. The first-order valence-electron chi connectivity index (χ1n) is 19.3. The summed E-state index contributed by atoms with van der Waals surface area (Å²) in [5.41, 5.74) is 15.0. The summed E-state index contributed by atoms with van der Waals surface area (Å²) in [6.07, 6.45) is 13.2. The van der Waals surface area contributed by atoms with Gasteiger partial charge in [-0.3, -0.25) is 0 Å². The van der Waals surface area contributed by atoms with Crippen molar-refractivity contribution in [3.63, 3.8) is 0 Å². The summed E-state index contributed by atoms with van der Waals surface area (Å²) in [5, 5.41) is 2.81. The first-order valence-corrected chi connectivity index (χ1v) is 19.3. The van der Waals surface area contributed by atoms with E-state index < -0.39 is 0 Å². The first kappa shape index (κ1) is 31.4. The first-order chi connectivity index (χ1) is 24.6. The highest BCUT2D eigenvalue weighted by molar-refractivity contribution is 6.00. The summed E-state index contributed by atoms with van der Waals surface area (Å²) in [6.45, 7) is 4.76. The third-order valence-corrected chi connectivity index (χ3v) is 12.4. The quantitative estimate of drug-likeness (QED) is 0.173. The number of hydrogen-bond donors (Lipinski definition) is 0. The molecule has 0 radical (unpaired) electrons. The fourth-order valence-electron chi connectivity index (χ4n) is 9.90. The van der Waals surface area contributed by atoms with Gasteiger partial charge in [0.05, 0.1) is 0 Å². The second kappa shape index (κ2) is 12.9. The van der Waals surface area contributed by atoms with Crippen molar-refractivity contribution in [2.24, 2.45) is 0 Å². The molecule has 250 valence electrons. The predicted molar refractivity (Wildman–Crippen MR) is 213 cm³/mol. The van der Waals surface area contributed by atoms with Crippen molar-refractivity contribution in [1.82, 2.24) is 0 Å². The lowest BCUT2D eigenvalue weighted by molar-refractivity contribution is 0.444. The zero-order valence-electron chi connectivity index (χ0n) is 29.8. The molecule has 0 bridgehead atoms. The highest BCUT2D eigenvalue weighted by Gasteiger charge is 2.36. The highest BCUT2D eigenvalue weighted by atomic mass is 15.1. The van der Waals surface area contributed by atoms with Gasteiger partial charge in [-0.1, -0.05) is 149 Å². The molecule has 0 heterocycles. The molecule has 6 aromatic rings. The van der Waals surface area contributed by atoms with Crippen LogP contribution in [-0.2, 0) is 5.41 Å². The van der Waals surface area contributed by atoms with Crippen molar-refractivity contribution in [2.45, 2.75) is 95.3 Å². The highest BCUT2D eigenvalue weighted by Crippen LogP contribution is 2.52. The smallest absolute Gasteiger partial charge is 0.0496 e. The molecule has 0 aromatic heterocycles. The molecule has 2 fully saturated rings. The lowest BCUT2D eigenvalue weighted by Crippen LogP contribution is -2.16. The number of anilines is 3. The molecular formula is C49H49N. The minimum atomic E-state index is -0.0143. The van der Waals surface area contributed by atoms with Crippen LogP contribution in [0.2, 0.25) is 0 Å². The molecular weight excluding hydrogens is 603 g/mol. The summed E-state index contributed by atoms with van der Waals surface area (Å²) in [7, 11) is 0. The molecule has 0 aliphatic heterocycles. The van der Waals surface area contributed by atoms with Crippen LogP contribution >= 0.6 is 0 Å². The van der Waals surface area contributed by atoms with Gasteiger partial charge in [0.15, 0.2) is 0 Å². The van der Waals surface area contributed by atoms with Gasteiger partial charge < -0.3 is 4.90 Å². The summed E-state index contributed by atoms with van der Waals surface area (Å²) in [5.74, 6) is 1.24. The largest absolute Gasteiger partial charge is 0.310 e. The van der Waals surface area contributed by atoms with Crippen LogP contribution in [0.1, 0.15) is 112 Å². The van der Waals surface area contributed by atoms with Crippen LogP contribution in [0, 0.1) is 0 Å². The van der Waals surface area contributed by atoms with E-state index in [4.69, 9.17) is 0 Å². The molecule has 3 aliphatic rings. The number of rotatable bonds is 6. The SMILES string of the molecule is CC1(C)c2ccccc2-c2cc(N(c3cccc(-c4cccc5cccc(C6CCCCC6)c45)c3)c3ccccc3C3CCCCC3)ccc21. The van der Waals surface area contributed by atoms with Crippen molar-refractivity contribution < 1.29 is 0 Å². The summed E-state index contributed by atoms with van der Waals surface area (Å²) < 4.78 is 0. The molecule has 1 nitrogen and oxygen atoms in total. The fraction of sp³-hybridized carbons (Fsp3) is 0.306. The van der Waals surface area contributed by atoms with Gasteiger partial charge in [-0.15, -0.1) is 0 Å². The molecule has 6 aromatic carbocycles. The zero-order valence-corrected chi connectivity index (χ0v) is 29.8. The van der Waals surface area contributed by atoms with Crippen LogP contribution in [0.3, 0.4) is 0 Å². The van der Waals surface area contributed by atoms with Crippen molar-refractivity contribution in [2.75, 3.05) is 4.90 Å². The second-order valence-corrected chi connectivity index (χ2v) is 15.8. The predicted octanol–water partition coefficient (Wildman–Crippen LogP) is 14.4. The zero-order chi connectivity index (χ0) is 33.7. The number of benzene rings is 6. The van der Waals surface area contributed by atoms with Crippen LogP contribution in [-0.4, -0.2) is 0 Å². The van der Waals surface area contributed by atoms with E-state index in [1.54, 1.807) is 5.56 Å². The molecule has 2 saturated carbocycles. The van der Waals surface area contributed by atoms with E-state index in [-0.39, 0.29) is 5.41 Å². The van der Waals surface area contributed by atoms with Crippen molar-refractivity contribution in [3.05, 3.63) is 150 Å². The Morgan fingerprint density at radius 2 is 1.08 bits per heavy atom. The average Bonchev–Trinajstić information content (AvgIpc) is 3.41. The summed E-state index contributed by atoms with van der Waals surface area (Å²) in [4.78, 5) is 2.58. The molecule has 0 amide bonds. The maximum absolute atomic E-state index is 2.58. The molecule has 1 heteroatoms. The van der Waals surface area contributed by atoms with E-state index in [1.807, 2.05) is 0 Å². The standard InChI is InChI=1S/C49H49N/c1-49(2)45-28-11-9-25-43(45)44-33-39(30-31-46(44)49)50(47-29-12-10-24-40(47)34-16-5-3-6-17-34)38-23-13-22-37(32-38)42-27-15-21-36-20-14-26-41(48(36)42)35-18-7-4-8-19-35/h9-15,20-35H,3-8,16-19H2,1-2H3. The van der Waals surface area contributed by atoms with Gasteiger partial charge in [-0.25, -0.2) is 0 Å². The van der Waals surface area contributed by atoms with Crippen LogP contribution in [0.4, 0.5) is 17.1 Å². The summed E-state index contributed by atoms with van der Waals surface area (Å²) >= 11 is 0. The lowest BCUT2D eigenvalue weighted by atomic mass is 9.80. The van der Waals surface area contributed by atoms with E-state index in [0.29, 0.717) is 11.8 Å². The van der Waals surface area contributed by atoms with E-state index >= 15 is 0 Å². The molecule has 0 N–H and O–H groups in total. The van der Waals surface area contributed by atoms with Gasteiger partial charge >= 0.3 is 0 Å². The third-order valence-electron chi connectivity index (χ3n) is 12.4. The molecule has 50 heavy (non-hydrogen) atoms. The summed E-state index contributed by atoms with van der Waals surface area (Å²) in [6, 6.07) is 48.9. The maximum atomic E-state index is 2.58. The van der Waals surface area contributed by atoms with Gasteiger partial charge in [0.25, 0.3) is 0 Å². The lowest BCUT2D eigenvalue weighted by Gasteiger charge is -2.32. The van der Waals surface area contributed by atoms with E-state index in [9.17, 15) is 0 Å². The molecule has 0 unspecified atom stereocenters. The van der Waals surface area contributed by atoms with Gasteiger partial charge in [0.2, 0.25) is 0 Å². The Bertz CT molecular complexity index is 2170.